The minimum absolute atomic E-state index is 0.454. The third-order valence-electron chi connectivity index (χ3n) is 2.72. The summed E-state index contributed by atoms with van der Waals surface area (Å²) in [5, 5.41) is 0. The number of rotatable bonds is 8. The van der Waals surface area contributed by atoms with Crippen molar-refractivity contribution in [2.24, 2.45) is 5.92 Å². The monoisotopic (exact) mass is 285 g/mol. The molecule has 0 saturated heterocycles. The summed E-state index contributed by atoms with van der Waals surface area (Å²) in [5.74, 6) is 1.74. The van der Waals surface area contributed by atoms with Crippen molar-refractivity contribution in [3.63, 3.8) is 0 Å². The van der Waals surface area contributed by atoms with Gasteiger partial charge < -0.3 is 15.2 Å². The Kier molecular flexibility index (Phi) is 6.87. The number of anilines is 1. The normalized spacial score (nSPS) is 12.6. The fourth-order valence-electron chi connectivity index (χ4n) is 1.50. The van der Waals surface area contributed by atoms with Gasteiger partial charge in [-0.3, -0.25) is 4.21 Å². The molecular weight excluding hydrogens is 262 g/mol. The second-order valence-corrected chi connectivity index (χ2v) is 6.29. The first-order valence-electron chi connectivity index (χ1n) is 6.44. The summed E-state index contributed by atoms with van der Waals surface area (Å²) in [5.41, 5.74) is 6.35. The molecule has 0 radical (unpaired) electrons. The number of hydrogen-bond donors (Lipinski definition) is 1. The van der Waals surface area contributed by atoms with E-state index in [1.54, 1.807) is 25.3 Å². The average molecular weight is 285 g/mol. The lowest BCUT2D eigenvalue weighted by Crippen LogP contribution is -2.10. The highest BCUT2D eigenvalue weighted by molar-refractivity contribution is 7.85. The van der Waals surface area contributed by atoms with Crippen molar-refractivity contribution in [1.82, 2.24) is 0 Å². The number of benzene rings is 1. The summed E-state index contributed by atoms with van der Waals surface area (Å²) in [6, 6.07) is 5.19. The van der Waals surface area contributed by atoms with Gasteiger partial charge in [-0.25, -0.2) is 0 Å². The van der Waals surface area contributed by atoms with Crippen LogP contribution < -0.4 is 10.5 Å². The van der Waals surface area contributed by atoms with Crippen LogP contribution in [0.5, 0.6) is 5.75 Å². The van der Waals surface area contributed by atoms with Crippen LogP contribution in [0.2, 0.25) is 0 Å². The molecule has 0 bridgehead atoms. The predicted octanol–water partition coefficient (Wildman–Crippen LogP) is 2.45. The summed E-state index contributed by atoms with van der Waals surface area (Å²) in [4.78, 5) is 0.617. The second kappa shape index (κ2) is 8.17. The molecule has 0 amide bonds. The molecule has 1 rings (SSSR count). The van der Waals surface area contributed by atoms with Gasteiger partial charge in [0.05, 0.1) is 35.2 Å². The smallest absolute Gasteiger partial charge is 0.120 e. The predicted molar refractivity (Wildman–Crippen MR) is 79.0 cm³/mol. The molecule has 5 heteroatoms. The summed E-state index contributed by atoms with van der Waals surface area (Å²) >= 11 is 0. The summed E-state index contributed by atoms with van der Waals surface area (Å²) in [6.45, 7) is 5.50. The van der Waals surface area contributed by atoms with E-state index in [2.05, 4.69) is 13.8 Å². The fourth-order valence-corrected chi connectivity index (χ4v) is 2.57. The Morgan fingerprint density at radius 1 is 1.32 bits per heavy atom. The Bertz CT molecular complexity index is 421. The lowest BCUT2D eigenvalue weighted by molar-refractivity contribution is 0.138. The third kappa shape index (κ3) is 5.61. The van der Waals surface area contributed by atoms with Crippen LogP contribution in [0.1, 0.15) is 20.3 Å². The van der Waals surface area contributed by atoms with Gasteiger partial charge in [0.15, 0.2) is 0 Å². The lowest BCUT2D eigenvalue weighted by Gasteiger charge is -2.09. The zero-order chi connectivity index (χ0) is 14.3. The van der Waals surface area contributed by atoms with Gasteiger partial charge in [0.1, 0.15) is 5.75 Å². The number of nitrogens with two attached hydrogens (primary N) is 1. The van der Waals surface area contributed by atoms with Gasteiger partial charge >= 0.3 is 0 Å². The molecule has 1 unspecified atom stereocenters. The molecule has 108 valence electrons. The molecule has 1 aromatic carbocycles. The number of hydrogen-bond acceptors (Lipinski definition) is 4. The largest absolute Gasteiger partial charge is 0.497 e. The van der Waals surface area contributed by atoms with Crippen LogP contribution in [-0.4, -0.2) is 30.3 Å². The van der Waals surface area contributed by atoms with Crippen molar-refractivity contribution in [3.05, 3.63) is 18.2 Å². The molecule has 0 saturated carbocycles. The maximum atomic E-state index is 12.1. The van der Waals surface area contributed by atoms with Crippen molar-refractivity contribution in [2.75, 3.05) is 31.8 Å². The molecule has 0 heterocycles. The molecule has 4 nitrogen and oxygen atoms in total. The lowest BCUT2D eigenvalue weighted by atomic mass is 10.1. The zero-order valence-electron chi connectivity index (χ0n) is 11.8. The first kappa shape index (κ1) is 16.0. The van der Waals surface area contributed by atoms with E-state index < -0.39 is 10.8 Å². The van der Waals surface area contributed by atoms with E-state index in [9.17, 15) is 4.21 Å². The van der Waals surface area contributed by atoms with E-state index in [0.29, 0.717) is 41.2 Å². The highest BCUT2D eigenvalue weighted by Gasteiger charge is 2.09. The molecule has 1 aromatic rings. The van der Waals surface area contributed by atoms with Crippen LogP contribution in [0.15, 0.2) is 23.1 Å². The minimum Gasteiger partial charge on any atom is -0.497 e. The zero-order valence-corrected chi connectivity index (χ0v) is 12.7. The first-order valence-corrected chi connectivity index (χ1v) is 7.76. The Balaban J connectivity index is 2.45. The van der Waals surface area contributed by atoms with Crippen molar-refractivity contribution >= 4 is 16.5 Å². The Morgan fingerprint density at radius 3 is 2.68 bits per heavy atom. The van der Waals surface area contributed by atoms with Gasteiger partial charge in [0.25, 0.3) is 0 Å². The van der Waals surface area contributed by atoms with Gasteiger partial charge in [-0.15, -0.1) is 0 Å². The van der Waals surface area contributed by atoms with Crippen molar-refractivity contribution in [1.29, 1.82) is 0 Å². The molecule has 0 aliphatic carbocycles. The molecule has 2 N–H and O–H groups in total. The van der Waals surface area contributed by atoms with Crippen LogP contribution >= 0.6 is 0 Å². The van der Waals surface area contributed by atoms with Crippen molar-refractivity contribution < 1.29 is 13.7 Å². The van der Waals surface area contributed by atoms with Crippen molar-refractivity contribution in [3.8, 4) is 5.75 Å². The summed E-state index contributed by atoms with van der Waals surface area (Å²) in [7, 11) is 0.426. The van der Waals surface area contributed by atoms with Gasteiger partial charge in [-0.2, -0.15) is 0 Å². The maximum absolute atomic E-state index is 12.1. The van der Waals surface area contributed by atoms with Crippen LogP contribution in [-0.2, 0) is 15.5 Å². The first-order chi connectivity index (χ1) is 9.04. The van der Waals surface area contributed by atoms with Crippen LogP contribution in [0.3, 0.4) is 0 Å². The highest BCUT2D eigenvalue weighted by Crippen LogP contribution is 2.22. The molecule has 0 aliphatic rings. The van der Waals surface area contributed by atoms with Crippen LogP contribution in [0.4, 0.5) is 5.69 Å². The van der Waals surface area contributed by atoms with E-state index in [1.165, 1.54) is 0 Å². The SMILES string of the molecule is COc1ccc(N)c(S(=O)CCOCCC(C)C)c1. The van der Waals surface area contributed by atoms with Gasteiger partial charge in [0.2, 0.25) is 0 Å². The van der Waals surface area contributed by atoms with E-state index in [4.69, 9.17) is 15.2 Å². The fraction of sp³-hybridized carbons (Fsp3) is 0.571. The highest BCUT2D eigenvalue weighted by atomic mass is 32.2. The molecule has 0 fully saturated rings. The second-order valence-electron chi connectivity index (χ2n) is 4.75. The number of methoxy groups -OCH3 is 1. The molecule has 19 heavy (non-hydrogen) atoms. The van der Waals surface area contributed by atoms with E-state index in [-0.39, 0.29) is 0 Å². The topological polar surface area (TPSA) is 61.5 Å². The van der Waals surface area contributed by atoms with Gasteiger partial charge in [-0.1, -0.05) is 13.8 Å². The Labute approximate surface area is 117 Å². The molecule has 1 atom stereocenters. The third-order valence-corrected chi connectivity index (χ3v) is 4.10. The van der Waals surface area contributed by atoms with Gasteiger partial charge in [-0.05, 0) is 30.5 Å². The number of ether oxygens (including phenoxy) is 2. The van der Waals surface area contributed by atoms with Crippen LogP contribution in [0.25, 0.3) is 0 Å². The van der Waals surface area contributed by atoms with Crippen molar-refractivity contribution in [2.45, 2.75) is 25.2 Å². The summed E-state index contributed by atoms with van der Waals surface area (Å²) in [6.07, 6.45) is 1.02. The minimum atomic E-state index is -1.15. The average Bonchev–Trinajstić information content (AvgIpc) is 2.38. The quantitative estimate of drug-likeness (QED) is 0.588. The molecule has 0 spiro atoms. The Hall–Kier alpha value is -1.07. The maximum Gasteiger partial charge on any atom is 0.120 e. The van der Waals surface area contributed by atoms with Crippen LogP contribution in [0, 0.1) is 5.92 Å². The molecular formula is C14H23NO3S. The number of nitrogen functional groups attached to an aromatic ring is 1. The molecule has 0 aliphatic heterocycles. The Morgan fingerprint density at radius 2 is 2.05 bits per heavy atom. The summed E-state index contributed by atoms with van der Waals surface area (Å²) < 4.78 is 22.7. The van der Waals surface area contributed by atoms with E-state index in [1.807, 2.05) is 0 Å². The standard InChI is InChI=1S/C14H23NO3S/c1-11(2)6-7-18-8-9-19(16)14-10-12(17-3)4-5-13(14)15/h4-5,10-11H,6-9,15H2,1-3H3. The van der Waals surface area contributed by atoms with E-state index in [0.717, 1.165) is 6.42 Å². The van der Waals surface area contributed by atoms with Gasteiger partial charge in [0, 0.05) is 12.3 Å². The van der Waals surface area contributed by atoms with E-state index >= 15 is 0 Å². The molecule has 0 aromatic heterocycles.